The number of nitrogens with zero attached hydrogens (tertiary/aromatic N) is 2. The van der Waals surface area contributed by atoms with E-state index in [4.69, 9.17) is 0 Å². The Balaban J connectivity index is 2.05. The lowest BCUT2D eigenvalue weighted by Gasteiger charge is -2.22. The van der Waals surface area contributed by atoms with E-state index in [1.165, 1.54) is 27.0 Å². The summed E-state index contributed by atoms with van der Waals surface area (Å²) in [5.41, 5.74) is 2.73. The molecule has 0 spiro atoms. The summed E-state index contributed by atoms with van der Waals surface area (Å²) in [4.78, 5) is 4.45. The van der Waals surface area contributed by atoms with Gasteiger partial charge in [-0.05, 0) is 75.3 Å². The highest BCUT2D eigenvalue weighted by molar-refractivity contribution is 7.79. The molecule has 0 saturated heterocycles. The minimum absolute atomic E-state index is 0.565. The van der Waals surface area contributed by atoms with E-state index in [-0.39, 0.29) is 0 Å². The van der Waals surface area contributed by atoms with E-state index in [1.807, 2.05) is 0 Å². The summed E-state index contributed by atoms with van der Waals surface area (Å²) < 4.78 is 0. The molecule has 0 radical (unpaired) electrons. The third-order valence-corrected chi connectivity index (χ3v) is 6.75. The third-order valence-electron chi connectivity index (χ3n) is 4.35. The molecule has 0 bridgehead atoms. The lowest BCUT2D eigenvalue weighted by Crippen LogP contribution is -2.22. The van der Waals surface area contributed by atoms with Crippen molar-refractivity contribution in [2.24, 2.45) is 0 Å². The Hall–Kier alpha value is -1.99. The molecule has 0 aliphatic rings. The van der Waals surface area contributed by atoms with Crippen LogP contribution in [0.4, 0.5) is 0 Å². The molecule has 3 heteroatoms. The average molecular weight is 376 g/mol. The lowest BCUT2D eigenvalue weighted by atomic mass is 10.2. The predicted molar refractivity (Wildman–Crippen MR) is 120 cm³/mol. The standard InChI is InChI=1S/C24H29N2P/c1-25(2)18-20-10-8-14-23(16-20)27(22-12-6-5-7-13-22)24-15-9-11-21(17-24)19-26(3)4/h5-17H,18-19H2,1-4H3. The Morgan fingerprint density at radius 2 is 1.00 bits per heavy atom. The van der Waals surface area contributed by atoms with Gasteiger partial charge in [0, 0.05) is 13.1 Å². The first-order valence-electron chi connectivity index (χ1n) is 9.35. The maximum atomic E-state index is 2.39. The Bertz CT molecular complexity index is 806. The highest BCUT2D eigenvalue weighted by atomic mass is 31.1. The predicted octanol–water partition coefficient (Wildman–Crippen LogP) is 3.57. The van der Waals surface area contributed by atoms with Crippen LogP contribution in [-0.4, -0.2) is 38.0 Å². The van der Waals surface area contributed by atoms with Crippen LogP contribution in [0, 0.1) is 0 Å². The molecule has 0 fully saturated rings. The normalized spacial score (nSPS) is 11.5. The van der Waals surface area contributed by atoms with Crippen molar-refractivity contribution < 1.29 is 0 Å². The first kappa shape index (κ1) is 19.8. The van der Waals surface area contributed by atoms with E-state index in [2.05, 4.69) is 117 Å². The third kappa shape index (κ3) is 5.49. The van der Waals surface area contributed by atoms with Crippen molar-refractivity contribution in [2.75, 3.05) is 28.2 Å². The van der Waals surface area contributed by atoms with Crippen LogP contribution in [0.25, 0.3) is 0 Å². The summed E-state index contributed by atoms with van der Waals surface area (Å²) in [6.07, 6.45) is 0. The Morgan fingerprint density at radius 1 is 0.556 bits per heavy atom. The quantitative estimate of drug-likeness (QED) is 0.582. The van der Waals surface area contributed by atoms with E-state index in [0.29, 0.717) is 0 Å². The van der Waals surface area contributed by atoms with Crippen molar-refractivity contribution in [1.29, 1.82) is 0 Å². The Kier molecular flexibility index (Phi) is 6.79. The molecule has 0 aliphatic heterocycles. The van der Waals surface area contributed by atoms with Gasteiger partial charge in [-0.3, -0.25) is 0 Å². The molecule has 0 saturated carbocycles. The smallest absolute Gasteiger partial charge is 0.0227 e. The number of hydrogen-bond acceptors (Lipinski definition) is 2. The van der Waals surface area contributed by atoms with Crippen molar-refractivity contribution in [3.05, 3.63) is 90.0 Å². The number of rotatable bonds is 7. The number of hydrogen-bond donors (Lipinski definition) is 0. The van der Waals surface area contributed by atoms with Gasteiger partial charge in [0.05, 0.1) is 0 Å². The monoisotopic (exact) mass is 376 g/mol. The SMILES string of the molecule is CN(C)Cc1cccc(P(c2ccccc2)c2cccc(CN(C)C)c2)c1. The zero-order valence-electron chi connectivity index (χ0n) is 16.8. The minimum atomic E-state index is -0.565. The van der Waals surface area contributed by atoms with E-state index >= 15 is 0 Å². The largest absolute Gasteiger partial charge is 0.305 e. The second-order valence-corrected chi connectivity index (χ2v) is 9.71. The fourth-order valence-corrected chi connectivity index (χ4v) is 5.77. The van der Waals surface area contributed by atoms with Crippen LogP contribution >= 0.6 is 7.92 Å². The summed E-state index contributed by atoms with van der Waals surface area (Å²) >= 11 is 0. The molecule has 3 aromatic rings. The van der Waals surface area contributed by atoms with Gasteiger partial charge in [-0.2, -0.15) is 0 Å². The van der Waals surface area contributed by atoms with Crippen molar-refractivity contribution in [3.63, 3.8) is 0 Å². The average Bonchev–Trinajstić information content (AvgIpc) is 2.62. The zero-order chi connectivity index (χ0) is 19.2. The van der Waals surface area contributed by atoms with E-state index in [1.54, 1.807) is 0 Å². The summed E-state index contributed by atoms with van der Waals surface area (Å²) in [5.74, 6) is 0. The van der Waals surface area contributed by atoms with Gasteiger partial charge in [0.2, 0.25) is 0 Å². The fraction of sp³-hybridized carbons (Fsp3) is 0.250. The maximum absolute atomic E-state index is 2.39. The van der Waals surface area contributed by atoms with Gasteiger partial charge in [-0.25, -0.2) is 0 Å². The minimum Gasteiger partial charge on any atom is -0.305 e. The van der Waals surface area contributed by atoms with Gasteiger partial charge in [-0.1, -0.05) is 66.7 Å². The molecule has 0 unspecified atom stereocenters. The molecule has 27 heavy (non-hydrogen) atoms. The van der Waals surface area contributed by atoms with Gasteiger partial charge < -0.3 is 9.80 Å². The van der Waals surface area contributed by atoms with Crippen molar-refractivity contribution in [1.82, 2.24) is 9.80 Å². The molecule has 3 aromatic carbocycles. The van der Waals surface area contributed by atoms with Crippen molar-refractivity contribution in [2.45, 2.75) is 13.1 Å². The van der Waals surface area contributed by atoms with Crippen LogP contribution in [0.1, 0.15) is 11.1 Å². The second kappa shape index (κ2) is 9.28. The highest BCUT2D eigenvalue weighted by Gasteiger charge is 2.17. The van der Waals surface area contributed by atoms with Crippen LogP contribution in [0.5, 0.6) is 0 Å². The first-order valence-corrected chi connectivity index (χ1v) is 10.7. The fourth-order valence-electron chi connectivity index (χ4n) is 3.34. The van der Waals surface area contributed by atoms with E-state index < -0.39 is 7.92 Å². The zero-order valence-corrected chi connectivity index (χ0v) is 17.7. The molecule has 3 rings (SSSR count). The molecular formula is C24H29N2P. The van der Waals surface area contributed by atoms with Gasteiger partial charge in [-0.15, -0.1) is 0 Å². The molecule has 0 atom stereocenters. The van der Waals surface area contributed by atoms with Crippen LogP contribution in [0.2, 0.25) is 0 Å². The van der Waals surface area contributed by atoms with Crippen LogP contribution in [0.15, 0.2) is 78.9 Å². The number of benzene rings is 3. The molecule has 0 aliphatic carbocycles. The summed E-state index contributed by atoms with van der Waals surface area (Å²) in [7, 11) is 7.92. The van der Waals surface area contributed by atoms with E-state index in [0.717, 1.165) is 13.1 Å². The van der Waals surface area contributed by atoms with Crippen LogP contribution < -0.4 is 15.9 Å². The summed E-state index contributed by atoms with van der Waals surface area (Å²) in [5, 5.41) is 4.23. The van der Waals surface area contributed by atoms with Crippen molar-refractivity contribution in [3.8, 4) is 0 Å². The molecule has 2 nitrogen and oxygen atoms in total. The summed E-state index contributed by atoms with van der Waals surface area (Å²) in [6.45, 7) is 1.93. The van der Waals surface area contributed by atoms with Gasteiger partial charge in [0.1, 0.15) is 0 Å². The lowest BCUT2D eigenvalue weighted by molar-refractivity contribution is 0.402. The highest BCUT2D eigenvalue weighted by Crippen LogP contribution is 2.33. The molecule has 0 aromatic heterocycles. The molecule has 0 amide bonds. The van der Waals surface area contributed by atoms with Crippen LogP contribution in [0.3, 0.4) is 0 Å². The first-order chi connectivity index (χ1) is 13.0. The Labute approximate surface area is 165 Å². The molecule has 0 heterocycles. The summed E-state index contributed by atoms with van der Waals surface area (Å²) in [6, 6.07) is 29.1. The Morgan fingerprint density at radius 3 is 1.44 bits per heavy atom. The second-order valence-electron chi connectivity index (χ2n) is 7.49. The van der Waals surface area contributed by atoms with Gasteiger partial charge >= 0.3 is 0 Å². The van der Waals surface area contributed by atoms with Gasteiger partial charge in [0.25, 0.3) is 0 Å². The molecule has 0 N–H and O–H groups in total. The van der Waals surface area contributed by atoms with Crippen LogP contribution in [-0.2, 0) is 13.1 Å². The molecular weight excluding hydrogens is 347 g/mol. The molecule has 140 valence electrons. The topological polar surface area (TPSA) is 6.48 Å². The maximum Gasteiger partial charge on any atom is 0.0227 e. The van der Waals surface area contributed by atoms with Crippen molar-refractivity contribution >= 4 is 23.8 Å². The van der Waals surface area contributed by atoms with Gasteiger partial charge in [0.15, 0.2) is 0 Å². The van der Waals surface area contributed by atoms with E-state index in [9.17, 15) is 0 Å².